The van der Waals surface area contributed by atoms with Crippen LogP contribution >= 0.6 is 11.3 Å². The molecule has 0 saturated carbocycles. The summed E-state index contributed by atoms with van der Waals surface area (Å²) in [6.07, 6.45) is 2.14. The van der Waals surface area contributed by atoms with E-state index in [2.05, 4.69) is 187 Å². The molecule has 1 aliphatic rings. The van der Waals surface area contributed by atoms with Crippen molar-refractivity contribution in [3.63, 3.8) is 0 Å². The lowest BCUT2D eigenvalue weighted by atomic mass is 9.84. The SMILES string of the molecule is c1ccc(-n2c3ccccc3c3cc(-c4ccc5c(c4)-c4ccccc4CCC5c4ccc(-c5ccc6sc7ccccc7c6c5)cc4)ccc32)cc1. The molecule has 10 aromatic rings. The highest BCUT2D eigenvalue weighted by Crippen LogP contribution is 2.44. The molecule has 0 aliphatic heterocycles. The van der Waals surface area contributed by atoms with Crippen molar-refractivity contribution in [2.45, 2.75) is 18.8 Å². The summed E-state index contributed by atoms with van der Waals surface area (Å²) in [6.45, 7) is 0. The fourth-order valence-electron chi connectivity index (χ4n) is 8.90. The monoisotopic (exact) mass is 693 g/mol. The summed E-state index contributed by atoms with van der Waals surface area (Å²) in [7, 11) is 0. The van der Waals surface area contributed by atoms with Crippen LogP contribution in [0.2, 0.25) is 0 Å². The van der Waals surface area contributed by atoms with Gasteiger partial charge in [0.15, 0.2) is 0 Å². The number of benzene rings is 8. The number of hydrogen-bond donors (Lipinski definition) is 0. The normalized spacial score (nSPS) is 14.1. The zero-order valence-electron chi connectivity index (χ0n) is 29.2. The fraction of sp³-hybridized carbons (Fsp3) is 0.0588. The van der Waals surface area contributed by atoms with Crippen molar-refractivity contribution in [1.82, 2.24) is 4.57 Å². The van der Waals surface area contributed by atoms with E-state index >= 15 is 0 Å². The van der Waals surface area contributed by atoms with Crippen molar-refractivity contribution in [2.24, 2.45) is 0 Å². The molecule has 2 heteroatoms. The summed E-state index contributed by atoms with van der Waals surface area (Å²) in [4.78, 5) is 0. The summed E-state index contributed by atoms with van der Waals surface area (Å²) in [5.41, 5.74) is 15.6. The second kappa shape index (κ2) is 12.2. The first-order valence-corrected chi connectivity index (χ1v) is 19.4. The molecule has 1 nitrogen and oxygen atoms in total. The van der Waals surface area contributed by atoms with E-state index in [-0.39, 0.29) is 0 Å². The standard InChI is InChI=1S/C51H35NS/c1-2-11-39(12-3-1)52-48-16-8-6-14-43(48)46-31-38(24-28-49(46)52)37-23-27-42-41(26-22-34-10-4-5-13-40(34)45(42)30-37)35-20-18-33(19-21-35)36-25-29-51-47(32-36)44-15-7-9-17-50(44)53-51/h1-21,23-25,27-32,41H,22,26H2. The van der Waals surface area contributed by atoms with Crippen LogP contribution in [0.25, 0.3) is 81.0 Å². The molecule has 8 aromatic carbocycles. The van der Waals surface area contributed by atoms with Gasteiger partial charge in [0.05, 0.1) is 11.0 Å². The third-order valence-electron chi connectivity index (χ3n) is 11.5. The molecule has 1 aliphatic carbocycles. The second-order valence-electron chi connectivity index (χ2n) is 14.4. The lowest BCUT2D eigenvalue weighted by Crippen LogP contribution is -2.02. The smallest absolute Gasteiger partial charge is 0.0541 e. The van der Waals surface area contributed by atoms with Gasteiger partial charge in [0.1, 0.15) is 0 Å². The summed E-state index contributed by atoms with van der Waals surface area (Å²) in [5.74, 6) is 0.315. The third-order valence-corrected chi connectivity index (χ3v) is 12.6. The Labute approximate surface area is 313 Å². The van der Waals surface area contributed by atoms with Gasteiger partial charge in [-0.25, -0.2) is 0 Å². The Hall–Kier alpha value is -6.22. The van der Waals surface area contributed by atoms with Crippen LogP contribution in [0.3, 0.4) is 0 Å². The summed E-state index contributed by atoms with van der Waals surface area (Å²) >= 11 is 1.88. The molecule has 2 heterocycles. The molecule has 1 unspecified atom stereocenters. The minimum absolute atomic E-state index is 0.315. The van der Waals surface area contributed by atoms with E-state index in [4.69, 9.17) is 0 Å². The van der Waals surface area contributed by atoms with E-state index < -0.39 is 0 Å². The number of fused-ring (bicyclic) bond motifs is 9. The van der Waals surface area contributed by atoms with Gasteiger partial charge in [0.2, 0.25) is 0 Å². The molecule has 0 saturated heterocycles. The van der Waals surface area contributed by atoms with Crippen molar-refractivity contribution in [1.29, 1.82) is 0 Å². The van der Waals surface area contributed by atoms with Crippen molar-refractivity contribution in [3.05, 3.63) is 199 Å². The first-order valence-electron chi connectivity index (χ1n) is 18.6. The van der Waals surface area contributed by atoms with E-state index in [1.165, 1.54) is 97.7 Å². The van der Waals surface area contributed by atoms with Gasteiger partial charge in [0, 0.05) is 42.6 Å². The molecule has 2 aromatic heterocycles. The van der Waals surface area contributed by atoms with Gasteiger partial charge in [-0.05, 0) is 118 Å². The quantitative estimate of drug-likeness (QED) is 0.173. The Morgan fingerprint density at radius 3 is 1.98 bits per heavy atom. The van der Waals surface area contributed by atoms with Crippen molar-refractivity contribution < 1.29 is 0 Å². The Balaban J connectivity index is 0.997. The van der Waals surface area contributed by atoms with E-state index in [0.29, 0.717) is 5.92 Å². The van der Waals surface area contributed by atoms with Crippen LogP contribution < -0.4 is 0 Å². The highest BCUT2D eigenvalue weighted by molar-refractivity contribution is 7.25. The van der Waals surface area contributed by atoms with Crippen molar-refractivity contribution in [3.8, 4) is 39.1 Å². The van der Waals surface area contributed by atoms with E-state index in [1.807, 2.05) is 11.3 Å². The van der Waals surface area contributed by atoms with Crippen LogP contribution in [0.15, 0.2) is 182 Å². The van der Waals surface area contributed by atoms with Crippen molar-refractivity contribution >= 4 is 53.3 Å². The van der Waals surface area contributed by atoms with Crippen LogP contribution in [-0.2, 0) is 6.42 Å². The maximum Gasteiger partial charge on any atom is 0.0541 e. The predicted molar refractivity (Wildman–Crippen MR) is 227 cm³/mol. The Bertz CT molecular complexity index is 3000. The number of aromatic nitrogens is 1. The topological polar surface area (TPSA) is 4.93 Å². The zero-order chi connectivity index (χ0) is 34.9. The molecule has 0 amide bonds. The Morgan fingerprint density at radius 2 is 1.08 bits per heavy atom. The molecule has 11 rings (SSSR count). The molecule has 250 valence electrons. The Kier molecular flexibility index (Phi) is 6.99. The number of nitrogens with zero attached hydrogens (tertiary/aromatic N) is 1. The first kappa shape index (κ1) is 30.4. The molecule has 0 N–H and O–H groups in total. The van der Waals surface area contributed by atoms with Crippen molar-refractivity contribution in [2.75, 3.05) is 0 Å². The van der Waals surface area contributed by atoms with Gasteiger partial charge in [0.25, 0.3) is 0 Å². The number of para-hydroxylation sites is 2. The molecule has 53 heavy (non-hydrogen) atoms. The summed E-state index contributed by atoms with van der Waals surface area (Å²) in [5, 5.41) is 5.25. The largest absolute Gasteiger partial charge is 0.309 e. The third kappa shape index (κ3) is 4.98. The lowest BCUT2D eigenvalue weighted by molar-refractivity contribution is 0.726. The molecular weight excluding hydrogens is 659 g/mol. The second-order valence-corrected chi connectivity index (χ2v) is 15.5. The molecular formula is C51H35NS. The maximum atomic E-state index is 2.46. The van der Waals surface area contributed by atoms with E-state index in [0.717, 1.165) is 12.8 Å². The van der Waals surface area contributed by atoms with Gasteiger partial charge in [-0.1, -0.05) is 127 Å². The van der Waals surface area contributed by atoms with Crippen LogP contribution in [0.5, 0.6) is 0 Å². The Morgan fingerprint density at radius 1 is 0.434 bits per heavy atom. The summed E-state index contributed by atoms with van der Waals surface area (Å²) in [6, 6.07) is 67.9. The fourth-order valence-corrected chi connectivity index (χ4v) is 9.98. The van der Waals surface area contributed by atoms with Gasteiger partial charge in [-0.3, -0.25) is 0 Å². The molecule has 0 spiro atoms. The molecule has 0 bridgehead atoms. The summed E-state index contributed by atoms with van der Waals surface area (Å²) < 4.78 is 5.09. The van der Waals surface area contributed by atoms with E-state index in [9.17, 15) is 0 Å². The van der Waals surface area contributed by atoms with Crippen LogP contribution in [0.4, 0.5) is 0 Å². The number of thiophene rings is 1. The van der Waals surface area contributed by atoms with Crippen LogP contribution in [0, 0.1) is 0 Å². The van der Waals surface area contributed by atoms with E-state index in [1.54, 1.807) is 0 Å². The highest BCUT2D eigenvalue weighted by Gasteiger charge is 2.24. The average molecular weight is 694 g/mol. The van der Waals surface area contributed by atoms with Crippen LogP contribution in [0.1, 0.15) is 29.0 Å². The highest BCUT2D eigenvalue weighted by atomic mass is 32.1. The molecule has 1 atom stereocenters. The maximum absolute atomic E-state index is 2.46. The number of hydrogen-bond acceptors (Lipinski definition) is 1. The van der Waals surface area contributed by atoms with Gasteiger partial charge in [-0.2, -0.15) is 0 Å². The van der Waals surface area contributed by atoms with Crippen LogP contribution in [-0.4, -0.2) is 4.57 Å². The van der Waals surface area contributed by atoms with Gasteiger partial charge >= 0.3 is 0 Å². The minimum atomic E-state index is 0.315. The number of rotatable bonds is 4. The molecule has 0 fully saturated rings. The van der Waals surface area contributed by atoms with Gasteiger partial charge in [-0.15, -0.1) is 11.3 Å². The lowest BCUT2D eigenvalue weighted by Gasteiger charge is -2.20. The predicted octanol–water partition coefficient (Wildman–Crippen LogP) is 14.2. The number of aryl methyl sites for hydroxylation is 1. The molecule has 0 radical (unpaired) electrons. The van der Waals surface area contributed by atoms with Gasteiger partial charge < -0.3 is 4.57 Å². The average Bonchev–Trinajstić information content (AvgIpc) is 3.71. The minimum Gasteiger partial charge on any atom is -0.309 e. The first-order chi connectivity index (χ1) is 26.3. The zero-order valence-corrected chi connectivity index (χ0v) is 30.0.